The second-order valence-electron chi connectivity index (χ2n) is 4.23. The molecule has 2 rings (SSSR count). The van der Waals surface area contributed by atoms with Gasteiger partial charge < -0.3 is 4.57 Å². The summed E-state index contributed by atoms with van der Waals surface area (Å²) in [5.41, 5.74) is 1.18. The molecule has 112 valence electrons. The van der Waals surface area contributed by atoms with Gasteiger partial charge in [-0.1, -0.05) is 30.3 Å². The highest BCUT2D eigenvalue weighted by Gasteiger charge is 2.28. The van der Waals surface area contributed by atoms with Gasteiger partial charge >= 0.3 is 6.36 Å². The lowest BCUT2D eigenvalue weighted by atomic mass is 10.1. The van der Waals surface area contributed by atoms with Crippen LogP contribution in [0.25, 0.3) is 11.1 Å². The van der Waals surface area contributed by atoms with Gasteiger partial charge in [0.2, 0.25) is 0 Å². The predicted octanol–water partition coefficient (Wildman–Crippen LogP) is 3.81. The maximum absolute atomic E-state index is 12.0. The first-order chi connectivity index (χ1) is 9.87. The number of ether oxygens (including phenoxy) is 1. The summed E-state index contributed by atoms with van der Waals surface area (Å²) in [5, 5.41) is 0. The van der Waals surface area contributed by atoms with E-state index >= 15 is 0 Å². The van der Waals surface area contributed by atoms with E-state index in [4.69, 9.17) is 0 Å². The molecule has 0 radical (unpaired) electrons. The summed E-state index contributed by atoms with van der Waals surface area (Å²) in [7, 11) is 0. The zero-order valence-corrected chi connectivity index (χ0v) is 12.3. The summed E-state index contributed by atoms with van der Waals surface area (Å²) in [6.45, 7) is -0.787. The van der Waals surface area contributed by atoms with Crippen LogP contribution >= 0.6 is 15.9 Å². The van der Waals surface area contributed by atoms with Gasteiger partial charge in [-0.05, 0) is 21.5 Å². The highest BCUT2D eigenvalue weighted by Crippen LogP contribution is 2.26. The van der Waals surface area contributed by atoms with Crippen LogP contribution in [0.5, 0.6) is 0 Å². The van der Waals surface area contributed by atoms with Crippen LogP contribution < -0.4 is 5.56 Å². The van der Waals surface area contributed by atoms with E-state index in [1.807, 2.05) is 30.3 Å². The van der Waals surface area contributed by atoms with Crippen LogP contribution in [0.2, 0.25) is 0 Å². The topological polar surface area (TPSA) is 31.2 Å². The summed E-state index contributed by atoms with van der Waals surface area (Å²) in [4.78, 5) is 11.8. The number of alkyl halides is 3. The maximum Gasteiger partial charge on any atom is 0.522 e. The number of nitrogens with zero attached hydrogens (tertiary/aromatic N) is 1. The SMILES string of the molecule is O=c1cc(Br)c(-c2ccccc2)cn1CCOC(F)(F)F. The molecule has 0 saturated carbocycles. The lowest BCUT2D eigenvalue weighted by Crippen LogP contribution is -2.24. The molecule has 0 atom stereocenters. The highest BCUT2D eigenvalue weighted by atomic mass is 79.9. The van der Waals surface area contributed by atoms with Crippen molar-refractivity contribution in [1.29, 1.82) is 0 Å². The minimum Gasteiger partial charge on any atom is -0.313 e. The molecular formula is C14H11BrF3NO2. The van der Waals surface area contributed by atoms with Crippen molar-refractivity contribution < 1.29 is 17.9 Å². The van der Waals surface area contributed by atoms with Crippen molar-refractivity contribution in [3.8, 4) is 11.1 Å². The van der Waals surface area contributed by atoms with Gasteiger partial charge in [0.05, 0.1) is 6.61 Å². The molecule has 1 aromatic carbocycles. The second kappa shape index (κ2) is 6.44. The molecule has 1 aromatic heterocycles. The summed E-state index contributed by atoms with van der Waals surface area (Å²) in [5.74, 6) is 0. The lowest BCUT2D eigenvalue weighted by Gasteiger charge is -2.12. The first-order valence-corrected chi connectivity index (χ1v) is 6.82. The van der Waals surface area contributed by atoms with Crippen LogP contribution in [0.4, 0.5) is 13.2 Å². The van der Waals surface area contributed by atoms with Crippen molar-refractivity contribution in [3.63, 3.8) is 0 Å². The van der Waals surface area contributed by atoms with Gasteiger partial charge in [-0.25, -0.2) is 0 Å². The first-order valence-electron chi connectivity index (χ1n) is 6.03. The molecule has 0 aliphatic heterocycles. The Morgan fingerprint density at radius 2 is 1.86 bits per heavy atom. The number of hydrogen-bond donors (Lipinski definition) is 0. The molecule has 0 saturated heterocycles. The summed E-state index contributed by atoms with van der Waals surface area (Å²) < 4.78 is 41.3. The van der Waals surface area contributed by atoms with Crippen molar-refractivity contribution in [2.75, 3.05) is 6.61 Å². The van der Waals surface area contributed by atoms with Crippen molar-refractivity contribution in [2.24, 2.45) is 0 Å². The molecule has 0 aliphatic rings. The predicted molar refractivity (Wildman–Crippen MR) is 75.8 cm³/mol. The van der Waals surface area contributed by atoms with Gasteiger partial charge in [-0.15, -0.1) is 13.2 Å². The lowest BCUT2D eigenvalue weighted by molar-refractivity contribution is -0.325. The normalized spacial score (nSPS) is 11.6. The molecule has 0 aliphatic carbocycles. The Morgan fingerprint density at radius 3 is 2.48 bits per heavy atom. The fourth-order valence-corrected chi connectivity index (χ4v) is 2.34. The Kier molecular flexibility index (Phi) is 4.84. The Bertz CT molecular complexity index is 668. The number of hydrogen-bond acceptors (Lipinski definition) is 2. The average molecular weight is 362 g/mol. The van der Waals surface area contributed by atoms with E-state index in [0.717, 1.165) is 11.1 Å². The Morgan fingerprint density at radius 1 is 1.19 bits per heavy atom. The van der Waals surface area contributed by atoms with E-state index in [1.165, 1.54) is 16.8 Å². The van der Waals surface area contributed by atoms with Crippen LogP contribution in [0.1, 0.15) is 0 Å². The fourth-order valence-electron chi connectivity index (χ4n) is 1.81. The van der Waals surface area contributed by atoms with Gasteiger partial charge in [0, 0.05) is 28.8 Å². The van der Waals surface area contributed by atoms with E-state index in [0.29, 0.717) is 4.47 Å². The molecule has 21 heavy (non-hydrogen) atoms. The summed E-state index contributed by atoms with van der Waals surface area (Å²) in [6, 6.07) is 10.6. The van der Waals surface area contributed by atoms with Crippen molar-refractivity contribution in [3.05, 3.63) is 57.4 Å². The molecule has 0 bridgehead atoms. The minimum absolute atomic E-state index is 0.175. The van der Waals surface area contributed by atoms with Crippen LogP contribution in [0, 0.1) is 0 Å². The molecule has 0 fully saturated rings. The molecule has 0 amide bonds. The maximum atomic E-state index is 12.0. The number of rotatable bonds is 4. The molecule has 0 N–H and O–H groups in total. The Balaban J connectivity index is 2.25. The van der Waals surface area contributed by atoms with Crippen LogP contribution in [-0.2, 0) is 11.3 Å². The molecule has 3 nitrogen and oxygen atoms in total. The molecule has 2 aromatic rings. The smallest absolute Gasteiger partial charge is 0.313 e. The highest BCUT2D eigenvalue weighted by molar-refractivity contribution is 9.10. The van der Waals surface area contributed by atoms with Gasteiger partial charge in [-0.3, -0.25) is 9.53 Å². The largest absolute Gasteiger partial charge is 0.522 e. The molecule has 0 unspecified atom stereocenters. The third-order valence-corrected chi connectivity index (χ3v) is 3.41. The Labute approximate surface area is 127 Å². The van der Waals surface area contributed by atoms with Crippen molar-refractivity contribution >= 4 is 15.9 Å². The van der Waals surface area contributed by atoms with E-state index in [9.17, 15) is 18.0 Å². The minimum atomic E-state index is -4.69. The van der Waals surface area contributed by atoms with E-state index in [1.54, 1.807) is 0 Å². The number of benzene rings is 1. The third-order valence-electron chi connectivity index (χ3n) is 2.76. The van der Waals surface area contributed by atoms with Crippen molar-refractivity contribution in [1.82, 2.24) is 4.57 Å². The molecule has 0 spiro atoms. The second-order valence-corrected chi connectivity index (χ2v) is 5.08. The van der Waals surface area contributed by atoms with Crippen LogP contribution in [0.15, 0.2) is 51.9 Å². The standard InChI is InChI=1S/C14H11BrF3NO2/c15-12-8-13(20)19(6-7-21-14(16,17)18)9-11(12)10-4-2-1-3-5-10/h1-5,8-9H,6-7H2. The zero-order chi connectivity index (χ0) is 15.5. The van der Waals surface area contributed by atoms with Gasteiger partial charge in [0.25, 0.3) is 5.56 Å². The summed E-state index contributed by atoms with van der Waals surface area (Å²) in [6.07, 6.45) is -3.18. The third kappa shape index (κ3) is 4.44. The van der Waals surface area contributed by atoms with Crippen LogP contribution in [-0.4, -0.2) is 17.5 Å². The zero-order valence-electron chi connectivity index (χ0n) is 10.7. The number of aromatic nitrogens is 1. The van der Waals surface area contributed by atoms with Gasteiger partial charge in [0.1, 0.15) is 0 Å². The van der Waals surface area contributed by atoms with E-state index in [-0.39, 0.29) is 6.54 Å². The molecule has 7 heteroatoms. The van der Waals surface area contributed by atoms with Crippen molar-refractivity contribution in [2.45, 2.75) is 12.9 Å². The van der Waals surface area contributed by atoms with Gasteiger partial charge in [0.15, 0.2) is 0 Å². The quantitative estimate of drug-likeness (QED) is 0.828. The van der Waals surface area contributed by atoms with E-state index in [2.05, 4.69) is 20.7 Å². The van der Waals surface area contributed by atoms with Gasteiger partial charge in [-0.2, -0.15) is 0 Å². The van der Waals surface area contributed by atoms with E-state index < -0.39 is 18.5 Å². The summed E-state index contributed by atoms with van der Waals surface area (Å²) >= 11 is 3.29. The Hall–Kier alpha value is -1.60. The number of halogens is 4. The molecule has 1 heterocycles. The average Bonchev–Trinajstić information content (AvgIpc) is 2.41. The molecular weight excluding hydrogens is 351 g/mol. The fraction of sp³-hybridized carbons (Fsp3) is 0.214. The monoisotopic (exact) mass is 361 g/mol. The first kappa shape index (κ1) is 15.8. The van der Waals surface area contributed by atoms with Crippen LogP contribution in [0.3, 0.4) is 0 Å². The number of pyridine rings is 1.